The molecule has 2 N–H and O–H groups in total. The maximum atomic E-state index is 11.9. The number of carboxylic acids is 1. The van der Waals surface area contributed by atoms with Crippen LogP contribution in [0.15, 0.2) is 18.6 Å². The molecule has 2 heterocycles. The van der Waals surface area contributed by atoms with Crippen molar-refractivity contribution in [2.45, 2.75) is 26.9 Å². The quantitative estimate of drug-likeness (QED) is 0.839. The molecule has 2 rings (SSSR count). The minimum Gasteiger partial charge on any atom is -0.478 e. The molecular formula is C12H15N5O3. The fourth-order valence-corrected chi connectivity index (χ4v) is 1.70. The molecule has 0 aliphatic heterocycles. The predicted octanol–water partition coefficient (Wildman–Crippen LogP) is 0.745. The highest BCUT2D eigenvalue weighted by Crippen LogP contribution is 2.12. The fourth-order valence-electron chi connectivity index (χ4n) is 1.70. The monoisotopic (exact) mass is 277 g/mol. The number of rotatable bonds is 5. The number of nitrogens with zero attached hydrogens (tertiary/aromatic N) is 4. The number of aromatic nitrogens is 4. The number of hydrogen-bond donors (Lipinski definition) is 2. The highest BCUT2D eigenvalue weighted by atomic mass is 16.4. The van der Waals surface area contributed by atoms with E-state index in [2.05, 4.69) is 15.5 Å². The SMILES string of the molecule is CCn1cc(NC(=O)Cn2cc(C(=O)O)cn2)c(C)n1. The van der Waals surface area contributed by atoms with Gasteiger partial charge in [-0.1, -0.05) is 0 Å². The molecule has 0 saturated carbocycles. The number of nitrogens with one attached hydrogen (secondary N) is 1. The lowest BCUT2D eigenvalue weighted by molar-refractivity contribution is -0.116. The molecule has 0 aliphatic carbocycles. The molecule has 1 amide bonds. The summed E-state index contributed by atoms with van der Waals surface area (Å²) in [6.07, 6.45) is 4.26. The molecule has 20 heavy (non-hydrogen) atoms. The first-order valence-electron chi connectivity index (χ1n) is 6.09. The zero-order valence-electron chi connectivity index (χ0n) is 11.2. The summed E-state index contributed by atoms with van der Waals surface area (Å²) in [7, 11) is 0. The van der Waals surface area contributed by atoms with Gasteiger partial charge in [0.15, 0.2) is 0 Å². The third-order valence-corrected chi connectivity index (χ3v) is 2.73. The highest BCUT2D eigenvalue weighted by Gasteiger charge is 2.11. The molecule has 0 fully saturated rings. The van der Waals surface area contributed by atoms with Crippen LogP contribution >= 0.6 is 0 Å². The number of amides is 1. The Morgan fingerprint density at radius 3 is 2.65 bits per heavy atom. The second-order valence-corrected chi connectivity index (χ2v) is 4.26. The van der Waals surface area contributed by atoms with Crippen LogP contribution in [0.1, 0.15) is 23.0 Å². The van der Waals surface area contributed by atoms with Crippen molar-refractivity contribution < 1.29 is 14.7 Å². The van der Waals surface area contributed by atoms with Gasteiger partial charge in [0.2, 0.25) is 5.91 Å². The van der Waals surface area contributed by atoms with E-state index in [-0.39, 0.29) is 18.0 Å². The highest BCUT2D eigenvalue weighted by molar-refractivity contribution is 5.91. The molecular weight excluding hydrogens is 262 g/mol. The fraction of sp³-hybridized carbons (Fsp3) is 0.333. The summed E-state index contributed by atoms with van der Waals surface area (Å²) in [5.41, 5.74) is 1.42. The van der Waals surface area contributed by atoms with Gasteiger partial charge in [-0.15, -0.1) is 0 Å². The van der Waals surface area contributed by atoms with Gasteiger partial charge in [0, 0.05) is 18.9 Å². The molecule has 0 aromatic carbocycles. The van der Waals surface area contributed by atoms with Crippen molar-refractivity contribution in [3.05, 3.63) is 29.8 Å². The summed E-state index contributed by atoms with van der Waals surface area (Å²) in [4.78, 5) is 22.6. The molecule has 0 unspecified atom stereocenters. The Hall–Kier alpha value is -2.64. The Balaban J connectivity index is 2.01. The van der Waals surface area contributed by atoms with E-state index in [1.807, 2.05) is 6.92 Å². The third kappa shape index (κ3) is 3.02. The Morgan fingerprint density at radius 1 is 1.35 bits per heavy atom. The van der Waals surface area contributed by atoms with E-state index in [9.17, 15) is 9.59 Å². The van der Waals surface area contributed by atoms with Gasteiger partial charge in [0.05, 0.1) is 23.1 Å². The van der Waals surface area contributed by atoms with Crippen molar-refractivity contribution in [3.8, 4) is 0 Å². The van der Waals surface area contributed by atoms with Gasteiger partial charge in [-0.25, -0.2) is 4.79 Å². The molecule has 106 valence electrons. The molecule has 0 saturated heterocycles. The smallest absolute Gasteiger partial charge is 0.338 e. The first-order chi connectivity index (χ1) is 9.49. The lowest BCUT2D eigenvalue weighted by Crippen LogP contribution is -2.19. The molecule has 8 heteroatoms. The summed E-state index contributed by atoms with van der Waals surface area (Å²) >= 11 is 0. The largest absolute Gasteiger partial charge is 0.478 e. The van der Waals surface area contributed by atoms with Crippen molar-refractivity contribution in [1.29, 1.82) is 0 Å². The van der Waals surface area contributed by atoms with Crippen LogP contribution in [-0.4, -0.2) is 36.5 Å². The summed E-state index contributed by atoms with van der Waals surface area (Å²) in [5.74, 6) is -1.36. The summed E-state index contributed by atoms with van der Waals surface area (Å²) in [6.45, 7) is 4.43. The number of carbonyl (C=O) groups is 2. The molecule has 0 aliphatic rings. The average molecular weight is 277 g/mol. The summed E-state index contributed by atoms with van der Waals surface area (Å²) in [6, 6.07) is 0. The summed E-state index contributed by atoms with van der Waals surface area (Å²) in [5, 5.41) is 19.5. The van der Waals surface area contributed by atoms with E-state index < -0.39 is 5.97 Å². The standard InChI is InChI=1S/C12H15N5O3/c1-3-16-6-10(8(2)15-16)14-11(18)7-17-5-9(4-13-17)12(19)20/h4-6H,3,7H2,1-2H3,(H,14,18)(H,19,20). The van der Waals surface area contributed by atoms with Crippen molar-refractivity contribution in [2.24, 2.45) is 0 Å². The Labute approximate surface area is 115 Å². The van der Waals surface area contributed by atoms with E-state index >= 15 is 0 Å². The Morgan fingerprint density at radius 2 is 2.10 bits per heavy atom. The van der Waals surface area contributed by atoms with Crippen molar-refractivity contribution in [3.63, 3.8) is 0 Å². The van der Waals surface area contributed by atoms with Crippen LogP contribution in [-0.2, 0) is 17.9 Å². The van der Waals surface area contributed by atoms with Crippen LogP contribution in [0, 0.1) is 6.92 Å². The minimum absolute atomic E-state index is 0.0489. The van der Waals surface area contributed by atoms with Gasteiger partial charge in [0.25, 0.3) is 0 Å². The van der Waals surface area contributed by atoms with Crippen LogP contribution in [0.5, 0.6) is 0 Å². The van der Waals surface area contributed by atoms with Crippen molar-refractivity contribution in [2.75, 3.05) is 5.32 Å². The van der Waals surface area contributed by atoms with Gasteiger partial charge in [0.1, 0.15) is 6.54 Å². The minimum atomic E-state index is -1.07. The number of hydrogen-bond acceptors (Lipinski definition) is 4. The molecule has 2 aromatic rings. The van der Waals surface area contributed by atoms with Crippen LogP contribution in [0.3, 0.4) is 0 Å². The lowest BCUT2D eigenvalue weighted by Gasteiger charge is -2.03. The van der Waals surface area contributed by atoms with Crippen LogP contribution < -0.4 is 5.32 Å². The number of aromatic carboxylic acids is 1. The maximum Gasteiger partial charge on any atom is 0.338 e. The van der Waals surface area contributed by atoms with Crippen LogP contribution in [0.25, 0.3) is 0 Å². The number of carbonyl (C=O) groups excluding carboxylic acids is 1. The molecule has 0 bridgehead atoms. The topological polar surface area (TPSA) is 102 Å². The molecule has 0 atom stereocenters. The van der Waals surface area contributed by atoms with Gasteiger partial charge < -0.3 is 10.4 Å². The van der Waals surface area contributed by atoms with Gasteiger partial charge in [-0.05, 0) is 13.8 Å². The average Bonchev–Trinajstić information content (AvgIpc) is 2.97. The van der Waals surface area contributed by atoms with E-state index in [4.69, 9.17) is 5.11 Å². The maximum absolute atomic E-state index is 11.9. The van der Waals surface area contributed by atoms with Crippen molar-refractivity contribution >= 4 is 17.6 Å². The van der Waals surface area contributed by atoms with E-state index in [1.54, 1.807) is 17.8 Å². The first kappa shape index (κ1) is 13.8. The molecule has 0 radical (unpaired) electrons. The first-order valence-corrected chi connectivity index (χ1v) is 6.09. The van der Waals surface area contributed by atoms with E-state index in [0.717, 1.165) is 12.2 Å². The van der Waals surface area contributed by atoms with Crippen LogP contribution in [0.4, 0.5) is 5.69 Å². The second kappa shape index (κ2) is 5.55. The van der Waals surface area contributed by atoms with Gasteiger partial charge in [-0.2, -0.15) is 10.2 Å². The second-order valence-electron chi connectivity index (χ2n) is 4.26. The zero-order chi connectivity index (χ0) is 14.7. The molecule has 0 spiro atoms. The number of aryl methyl sites for hydroxylation is 2. The number of carboxylic acid groups (broad SMARTS) is 1. The predicted molar refractivity (Wildman–Crippen MR) is 70.5 cm³/mol. The van der Waals surface area contributed by atoms with Crippen LogP contribution in [0.2, 0.25) is 0 Å². The number of anilines is 1. The third-order valence-electron chi connectivity index (χ3n) is 2.73. The van der Waals surface area contributed by atoms with Gasteiger partial charge >= 0.3 is 5.97 Å². The van der Waals surface area contributed by atoms with Crippen molar-refractivity contribution in [1.82, 2.24) is 19.6 Å². The Bertz CT molecular complexity index is 643. The van der Waals surface area contributed by atoms with E-state index in [0.29, 0.717) is 5.69 Å². The van der Waals surface area contributed by atoms with E-state index in [1.165, 1.54) is 17.1 Å². The normalized spacial score (nSPS) is 10.5. The lowest BCUT2D eigenvalue weighted by atomic mass is 10.4. The molecule has 8 nitrogen and oxygen atoms in total. The molecule has 2 aromatic heterocycles. The summed E-state index contributed by atoms with van der Waals surface area (Å²) < 4.78 is 3.00. The Kier molecular flexibility index (Phi) is 3.83. The van der Waals surface area contributed by atoms with Gasteiger partial charge in [-0.3, -0.25) is 14.2 Å². The zero-order valence-corrected chi connectivity index (χ0v) is 11.2.